The van der Waals surface area contributed by atoms with Gasteiger partial charge in [-0.05, 0) is 69.2 Å². The van der Waals surface area contributed by atoms with Gasteiger partial charge in [0.15, 0.2) is 0 Å². The van der Waals surface area contributed by atoms with Crippen molar-refractivity contribution >= 4 is 26.8 Å². The van der Waals surface area contributed by atoms with Gasteiger partial charge >= 0.3 is 0 Å². The fourth-order valence-corrected chi connectivity index (χ4v) is 7.09. The lowest BCUT2D eigenvalue weighted by Crippen LogP contribution is -2.42. The van der Waals surface area contributed by atoms with Crippen LogP contribution >= 0.6 is 0 Å². The number of aromatic nitrogens is 1. The minimum absolute atomic E-state index is 0.0547. The average molecular weight is 488 g/mol. The highest BCUT2D eigenvalue weighted by molar-refractivity contribution is 7.90. The minimum atomic E-state index is -3.52. The first-order valence-corrected chi connectivity index (χ1v) is 14.3. The predicted octanol–water partition coefficient (Wildman–Crippen LogP) is 3.64. The molecular weight excluding hydrogens is 450 g/mol. The summed E-state index contributed by atoms with van der Waals surface area (Å²) >= 11 is 0. The van der Waals surface area contributed by atoms with Crippen LogP contribution in [0.1, 0.15) is 68.1 Å². The van der Waals surface area contributed by atoms with Gasteiger partial charge < -0.3 is 9.64 Å². The van der Waals surface area contributed by atoms with Crippen molar-refractivity contribution in [2.75, 3.05) is 32.8 Å². The van der Waals surface area contributed by atoms with Gasteiger partial charge in [0.2, 0.25) is 10.0 Å². The van der Waals surface area contributed by atoms with E-state index in [2.05, 4.69) is 11.8 Å². The van der Waals surface area contributed by atoms with E-state index in [1.165, 1.54) is 0 Å². The minimum Gasteiger partial charge on any atom is -0.381 e. The van der Waals surface area contributed by atoms with Gasteiger partial charge in [-0.25, -0.2) is 12.4 Å². The fourth-order valence-electron chi connectivity index (χ4n) is 5.73. The Morgan fingerprint density at radius 3 is 2.44 bits per heavy atom. The normalized spacial score (nSPS) is 21.4. The van der Waals surface area contributed by atoms with Crippen LogP contribution in [-0.4, -0.2) is 72.2 Å². The lowest BCUT2D eigenvalue weighted by molar-refractivity contribution is 0.0290. The SMILES string of the molecule is CC1CCN(C(=O)c2ccc3c(c2)c2c(n3S(=O)(=O)C(C)C)CCN(C3CCOCC3)C2)CC1. The Labute approximate surface area is 203 Å². The molecule has 0 atom stereocenters. The molecule has 3 aliphatic heterocycles. The highest BCUT2D eigenvalue weighted by Crippen LogP contribution is 2.35. The van der Waals surface area contributed by atoms with Crippen LogP contribution in [0.3, 0.4) is 0 Å². The summed E-state index contributed by atoms with van der Waals surface area (Å²) in [5, 5.41) is 0.393. The molecule has 3 aliphatic rings. The number of carbonyl (C=O) groups excluding carboxylic acids is 1. The number of ether oxygens (including phenoxy) is 1. The van der Waals surface area contributed by atoms with Crippen molar-refractivity contribution in [1.82, 2.24) is 13.8 Å². The summed E-state index contributed by atoms with van der Waals surface area (Å²) in [6.45, 7) is 10.4. The number of hydrogen-bond acceptors (Lipinski definition) is 5. The quantitative estimate of drug-likeness (QED) is 0.659. The van der Waals surface area contributed by atoms with Crippen molar-refractivity contribution in [3.63, 3.8) is 0 Å². The summed E-state index contributed by atoms with van der Waals surface area (Å²) in [5.74, 6) is 0.712. The Kier molecular flexibility index (Phi) is 6.50. The highest BCUT2D eigenvalue weighted by Gasteiger charge is 2.34. The van der Waals surface area contributed by atoms with Crippen LogP contribution < -0.4 is 0 Å². The zero-order chi connectivity index (χ0) is 24.0. The number of rotatable bonds is 4. The summed E-state index contributed by atoms with van der Waals surface area (Å²) in [6.07, 6.45) is 4.78. The third-order valence-electron chi connectivity index (χ3n) is 8.01. The molecule has 2 fully saturated rings. The summed E-state index contributed by atoms with van der Waals surface area (Å²) in [5.41, 5.74) is 3.32. The molecule has 34 heavy (non-hydrogen) atoms. The fraction of sp³-hybridized carbons (Fsp3) is 0.654. The van der Waals surface area contributed by atoms with Crippen molar-refractivity contribution in [3.05, 3.63) is 35.0 Å². The van der Waals surface area contributed by atoms with Gasteiger partial charge in [-0.15, -0.1) is 0 Å². The first-order chi connectivity index (χ1) is 16.3. The number of piperidine rings is 1. The van der Waals surface area contributed by atoms with Crippen LogP contribution in [0, 0.1) is 5.92 Å². The van der Waals surface area contributed by atoms with E-state index in [0.29, 0.717) is 29.5 Å². The Hall–Kier alpha value is -1.90. The third-order valence-corrected chi connectivity index (χ3v) is 10.1. The number of carbonyl (C=O) groups is 1. The van der Waals surface area contributed by atoms with Gasteiger partial charge in [-0.1, -0.05) is 6.92 Å². The van der Waals surface area contributed by atoms with Gasteiger partial charge in [-0.2, -0.15) is 0 Å². The molecule has 0 aliphatic carbocycles. The van der Waals surface area contributed by atoms with Crippen molar-refractivity contribution in [2.45, 2.75) is 70.7 Å². The number of nitrogens with zero attached hydrogens (tertiary/aromatic N) is 3. The molecular formula is C26H37N3O4S. The van der Waals surface area contributed by atoms with Crippen molar-refractivity contribution in [2.24, 2.45) is 5.92 Å². The molecule has 7 nitrogen and oxygen atoms in total. The molecule has 4 heterocycles. The topological polar surface area (TPSA) is 71.9 Å². The lowest BCUT2D eigenvalue weighted by atomic mass is 9.97. The second-order valence-corrected chi connectivity index (χ2v) is 12.9. The predicted molar refractivity (Wildman–Crippen MR) is 134 cm³/mol. The van der Waals surface area contributed by atoms with E-state index < -0.39 is 15.3 Å². The van der Waals surface area contributed by atoms with E-state index in [1.807, 2.05) is 23.1 Å². The van der Waals surface area contributed by atoms with E-state index in [-0.39, 0.29) is 5.91 Å². The zero-order valence-corrected chi connectivity index (χ0v) is 21.4. The molecule has 8 heteroatoms. The highest BCUT2D eigenvalue weighted by atomic mass is 32.2. The number of likely N-dealkylation sites (tertiary alicyclic amines) is 1. The molecule has 0 radical (unpaired) electrons. The van der Waals surface area contributed by atoms with Crippen LogP contribution in [-0.2, 0) is 27.7 Å². The molecule has 0 N–H and O–H groups in total. The molecule has 0 spiro atoms. The second-order valence-electron chi connectivity index (χ2n) is 10.6. The van der Waals surface area contributed by atoms with E-state index in [0.717, 1.165) is 81.7 Å². The van der Waals surface area contributed by atoms with E-state index >= 15 is 0 Å². The van der Waals surface area contributed by atoms with Crippen LogP contribution in [0.5, 0.6) is 0 Å². The maximum Gasteiger partial charge on any atom is 0.253 e. The number of hydrogen-bond donors (Lipinski definition) is 0. The largest absolute Gasteiger partial charge is 0.381 e. The second kappa shape index (κ2) is 9.28. The van der Waals surface area contributed by atoms with E-state index in [4.69, 9.17) is 4.74 Å². The standard InChI is InChI=1S/C26H37N3O4S/c1-18(2)34(31,32)29-24-5-4-20(26(30)27-11-6-19(3)7-12-27)16-22(24)23-17-28(13-8-25(23)29)21-9-14-33-15-10-21/h4-5,16,18-19,21H,6-15,17H2,1-3H3. The van der Waals surface area contributed by atoms with Crippen molar-refractivity contribution < 1.29 is 17.9 Å². The van der Waals surface area contributed by atoms with Gasteiger partial charge in [0.1, 0.15) is 0 Å². The van der Waals surface area contributed by atoms with E-state index in [1.54, 1.807) is 17.8 Å². The Balaban J connectivity index is 1.57. The van der Waals surface area contributed by atoms with Gasteiger partial charge in [-0.3, -0.25) is 9.69 Å². The Morgan fingerprint density at radius 2 is 1.76 bits per heavy atom. The molecule has 1 amide bonds. The van der Waals surface area contributed by atoms with Crippen LogP contribution in [0.2, 0.25) is 0 Å². The maximum absolute atomic E-state index is 13.4. The number of benzene rings is 1. The zero-order valence-electron chi connectivity index (χ0n) is 20.6. The molecule has 186 valence electrons. The summed E-state index contributed by atoms with van der Waals surface area (Å²) < 4.78 is 34.0. The smallest absolute Gasteiger partial charge is 0.253 e. The molecule has 0 saturated carbocycles. The van der Waals surface area contributed by atoms with Crippen molar-refractivity contribution in [1.29, 1.82) is 0 Å². The molecule has 2 aromatic rings. The summed E-state index contributed by atoms with van der Waals surface area (Å²) in [4.78, 5) is 17.7. The monoisotopic (exact) mass is 487 g/mol. The Bertz CT molecular complexity index is 1170. The number of fused-ring (bicyclic) bond motifs is 3. The molecule has 0 unspecified atom stereocenters. The first kappa shape index (κ1) is 23.8. The first-order valence-electron chi connectivity index (χ1n) is 12.8. The summed E-state index contributed by atoms with van der Waals surface area (Å²) in [6, 6.07) is 6.08. The summed E-state index contributed by atoms with van der Waals surface area (Å²) in [7, 11) is -3.52. The van der Waals surface area contributed by atoms with Gasteiger partial charge in [0, 0.05) is 68.5 Å². The van der Waals surface area contributed by atoms with Gasteiger partial charge in [0.25, 0.3) is 5.91 Å². The van der Waals surface area contributed by atoms with Crippen molar-refractivity contribution in [3.8, 4) is 0 Å². The molecule has 1 aromatic heterocycles. The van der Waals surface area contributed by atoms with Crippen LogP contribution in [0.15, 0.2) is 18.2 Å². The van der Waals surface area contributed by atoms with Crippen LogP contribution in [0.25, 0.3) is 10.9 Å². The van der Waals surface area contributed by atoms with Crippen LogP contribution in [0.4, 0.5) is 0 Å². The Morgan fingerprint density at radius 1 is 1.06 bits per heavy atom. The van der Waals surface area contributed by atoms with E-state index in [9.17, 15) is 13.2 Å². The molecule has 2 saturated heterocycles. The van der Waals surface area contributed by atoms with Gasteiger partial charge in [0.05, 0.1) is 10.8 Å². The molecule has 0 bridgehead atoms. The molecule has 1 aromatic carbocycles. The lowest BCUT2D eigenvalue weighted by Gasteiger charge is -2.37. The number of amides is 1. The third kappa shape index (κ3) is 4.18. The maximum atomic E-state index is 13.4. The molecule has 5 rings (SSSR count). The average Bonchev–Trinajstić information content (AvgIpc) is 3.18.